The van der Waals surface area contributed by atoms with Crippen molar-refractivity contribution in [3.8, 4) is 0 Å². The maximum atomic E-state index is 12.8. The Kier molecular flexibility index (Phi) is 3.63. The second-order valence-electron chi connectivity index (χ2n) is 5.65. The molecular weight excluding hydrogens is 265 g/mol. The van der Waals surface area contributed by atoms with E-state index in [9.17, 15) is 13.2 Å². The Morgan fingerprint density at radius 2 is 1.95 bits per heavy atom. The maximum absolute atomic E-state index is 12.8. The Bertz CT molecular complexity index is 470. The number of benzene rings is 1. The number of piperazine rings is 1. The molecule has 1 heterocycles. The highest BCUT2D eigenvalue weighted by Crippen LogP contribution is 2.34. The van der Waals surface area contributed by atoms with Crippen molar-refractivity contribution in [3.63, 3.8) is 0 Å². The van der Waals surface area contributed by atoms with Gasteiger partial charge < -0.3 is 10.2 Å². The van der Waals surface area contributed by atoms with Crippen LogP contribution in [0.5, 0.6) is 0 Å². The minimum absolute atomic E-state index is 0.334. The average Bonchev–Trinajstić information content (AvgIpc) is 2.46. The Morgan fingerprint density at radius 1 is 1.15 bits per heavy atom. The molecule has 0 unspecified atom stereocenters. The molecular formula is C15H19F3N2. The SMILES string of the molecule is FC(F)(F)c1cccc(N2CCN[C@@H]3CCCC[C@@H]32)c1. The number of anilines is 1. The van der Waals surface area contributed by atoms with Gasteiger partial charge in [0.25, 0.3) is 0 Å². The molecule has 1 aromatic rings. The molecule has 1 saturated heterocycles. The smallest absolute Gasteiger partial charge is 0.366 e. The molecule has 0 amide bonds. The molecule has 1 aliphatic heterocycles. The molecule has 2 atom stereocenters. The van der Waals surface area contributed by atoms with E-state index in [-0.39, 0.29) is 0 Å². The van der Waals surface area contributed by atoms with Crippen LogP contribution >= 0.6 is 0 Å². The molecule has 0 radical (unpaired) electrons. The number of nitrogens with zero attached hydrogens (tertiary/aromatic N) is 1. The van der Waals surface area contributed by atoms with Gasteiger partial charge in [-0.2, -0.15) is 13.2 Å². The summed E-state index contributed by atoms with van der Waals surface area (Å²) in [7, 11) is 0. The van der Waals surface area contributed by atoms with Gasteiger partial charge in [-0.25, -0.2) is 0 Å². The number of hydrogen-bond acceptors (Lipinski definition) is 2. The largest absolute Gasteiger partial charge is 0.416 e. The molecule has 0 spiro atoms. The first-order valence-electron chi connectivity index (χ1n) is 7.23. The summed E-state index contributed by atoms with van der Waals surface area (Å²) in [4.78, 5) is 2.16. The molecule has 1 N–H and O–H groups in total. The summed E-state index contributed by atoms with van der Waals surface area (Å²) in [5.41, 5.74) is 0.152. The van der Waals surface area contributed by atoms with Crippen molar-refractivity contribution >= 4 is 5.69 Å². The predicted molar refractivity (Wildman–Crippen MR) is 72.8 cm³/mol. The normalized spacial score (nSPS) is 27.2. The van der Waals surface area contributed by atoms with Gasteiger partial charge in [0.05, 0.1) is 5.56 Å². The van der Waals surface area contributed by atoms with Gasteiger partial charge in [-0.3, -0.25) is 0 Å². The average molecular weight is 284 g/mol. The Hall–Kier alpha value is -1.23. The minimum atomic E-state index is -4.27. The van der Waals surface area contributed by atoms with Gasteiger partial charge in [-0.1, -0.05) is 18.9 Å². The topological polar surface area (TPSA) is 15.3 Å². The fraction of sp³-hybridized carbons (Fsp3) is 0.600. The van der Waals surface area contributed by atoms with E-state index in [4.69, 9.17) is 0 Å². The highest BCUT2D eigenvalue weighted by Gasteiger charge is 2.35. The zero-order valence-corrected chi connectivity index (χ0v) is 11.3. The van der Waals surface area contributed by atoms with E-state index in [1.165, 1.54) is 18.6 Å². The molecule has 0 bridgehead atoms. The molecule has 20 heavy (non-hydrogen) atoms. The summed E-state index contributed by atoms with van der Waals surface area (Å²) >= 11 is 0. The van der Waals surface area contributed by atoms with Crippen LogP contribution in [0.4, 0.5) is 18.9 Å². The van der Waals surface area contributed by atoms with Crippen molar-refractivity contribution in [1.29, 1.82) is 0 Å². The second kappa shape index (κ2) is 5.28. The monoisotopic (exact) mass is 284 g/mol. The summed E-state index contributed by atoms with van der Waals surface area (Å²) < 4.78 is 38.5. The summed E-state index contributed by atoms with van der Waals surface area (Å²) in [6, 6.07) is 6.50. The Morgan fingerprint density at radius 3 is 2.75 bits per heavy atom. The molecule has 1 saturated carbocycles. The molecule has 2 aliphatic rings. The summed E-state index contributed by atoms with van der Waals surface area (Å²) in [6.45, 7) is 1.62. The van der Waals surface area contributed by atoms with Gasteiger partial charge in [0.2, 0.25) is 0 Å². The maximum Gasteiger partial charge on any atom is 0.416 e. The lowest BCUT2D eigenvalue weighted by Gasteiger charge is -2.46. The van der Waals surface area contributed by atoms with Crippen LogP contribution in [0.2, 0.25) is 0 Å². The third kappa shape index (κ3) is 2.64. The van der Waals surface area contributed by atoms with Gasteiger partial charge in [0.15, 0.2) is 0 Å². The predicted octanol–water partition coefficient (Wildman–Crippen LogP) is 3.43. The lowest BCUT2D eigenvalue weighted by Crippen LogP contribution is -2.59. The third-order valence-corrected chi connectivity index (χ3v) is 4.39. The van der Waals surface area contributed by atoms with Crippen LogP contribution < -0.4 is 10.2 Å². The third-order valence-electron chi connectivity index (χ3n) is 4.39. The van der Waals surface area contributed by atoms with E-state index >= 15 is 0 Å². The minimum Gasteiger partial charge on any atom is -0.366 e. The van der Waals surface area contributed by atoms with Crippen LogP contribution in [0.25, 0.3) is 0 Å². The van der Waals surface area contributed by atoms with E-state index in [2.05, 4.69) is 10.2 Å². The summed E-state index contributed by atoms with van der Waals surface area (Å²) in [5.74, 6) is 0. The first-order chi connectivity index (χ1) is 9.55. The molecule has 2 nitrogen and oxygen atoms in total. The van der Waals surface area contributed by atoms with E-state index in [1.54, 1.807) is 6.07 Å². The van der Waals surface area contributed by atoms with Crippen LogP contribution in [0.1, 0.15) is 31.2 Å². The van der Waals surface area contributed by atoms with Crippen molar-refractivity contribution in [2.24, 2.45) is 0 Å². The molecule has 110 valence electrons. The van der Waals surface area contributed by atoms with Crippen LogP contribution in [-0.2, 0) is 6.18 Å². The molecule has 2 fully saturated rings. The fourth-order valence-electron chi connectivity index (χ4n) is 3.44. The van der Waals surface area contributed by atoms with Gasteiger partial charge in [0, 0.05) is 30.9 Å². The van der Waals surface area contributed by atoms with Crippen molar-refractivity contribution in [1.82, 2.24) is 5.32 Å². The number of fused-ring (bicyclic) bond motifs is 1. The number of halogens is 3. The Labute approximate surface area is 117 Å². The first-order valence-corrected chi connectivity index (χ1v) is 7.23. The van der Waals surface area contributed by atoms with Gasteiger partial charge in [0.1, 0.15) is 0 Å². The van der Waals surface area contributed by atoms with E-state index in [0.717, 1.165) is 38.4 Å². The lowest BCUT2D eigenvalue weighted by molar-refractivity contribution is -0.137. The van der Waals surface area contributed by atoms with Crippen molar-refractivity contribution in [3.05, 3.63) is 29.8 Å². The quantitative estimate of drug-likeness (QED) is 0.850. The van der Waals surface area contributed by atoms with Crippen LogP contribution in [0, 0.1) is 0 Å². The summed E-state index contributed by atoms with van der Waals surface area (Å²) in [6.07, 6.45) is 0.299. The highest BCUT2D eigenvalue weighted by molar-refractivity contribution is 5.51. The first kappa shape index (κ1) is 13.7. The molecule has 3 rings (SSSR count). The number of nitrogens with one attached hydrogen (secondary N) is 1. The van der Waals surface area contributed by atoms with Crippen molar-refractivity contribution in [2.45, 2.75) is 43.9 Å². The number of alkyl halides is 3. The summed E-state index contributed by atoms with van der Waals surface area (Å²) in [5, 5.41) is 3.50. The molecule has 1 aliphatic carbocycles. The van der Waals surface area contributed by atoms with Crippen LogP contribution in [-0.4, -0.2) is 25.2 Å². The lowest BCUT2D eigenvalue weighted by atomic mass is 9.87. The zero-order valence-electron chi connectivity index (χ0n) is 11.3. The van der Waals surface area contributed by atoms with Gasteiger partial charge >= 0.3 is 6.18 Å². The molecule has 0 aromatic heterocycles. The molecule has 1 aromatic carbocycles. The standard InChI is InChI=1S/C15H19F3N2/c16-15(17,18)11-4-3-5-12(10-11)20-9-8-19-13-6-1-2-7-14(13)20/h3-5,10,13-14,19H,1-2,6-9H2/t13-,14+/m1/s1. The van der Waals surface area contributed by atoms with Crippen molar-refractivity contribution < 1.29 is 13.2 Å². The van der Waals surface area contributed by atoms with Gasteiger partial charge in [-0.15, -0.1) is 0 Å². The fourth-order valence-corrected chi connectivity index (χ4v) is 3.44. The van der Waals surface area contributed by atoms with Crippen LogP contribution in [0.3, 0.4) is 0 Å². The highest BCUT2D eigenvalue weighted by atomic mass is 19.4. The van der Waals surface area contributed by atoms with Gasteiger partial charge in [-0.05, 0) is 31.0 Å². The molecule has 5 heteroatoms. The zero-order chi connectivity index (χ0) is 14.2. The number of rotatable bonds is 1. The van der Waals surface area contributed by atoms with E-state index < -0.39 is 11.7 Å². The number of hydrogen-bond donors (Lipinski definition) is 1. The Balaban J connectivity index is 1.87. The van der Waals surface area contributed by atoms with Crippen LogP contribution in [0.15, 0.2) is 24.3 Å². The van der Waals surface area contributed by atoms with E-state index in [1.807, 2.05) is 0 Å². The van der Waals surface area contributed by atoms with E-state index in [0.29, 0.717) is 17.8 Å². The van der Waals surface area contributed by atoms with Crippen molar-refractivity contribution in [2.75, 3.05) is 18.0 Å². The second-order valence-corrected chi connectivity index (χ2v) is 5.65.